The number of aryl methyl sites for hydroxylation is 1. The minimum Gasteiger partial charge on any atom is -0.372 e. The lowest BCUT2D eigenvalue weighted by Crippen LogP contribution is -2.48. The molecule has 1 aliphatic heterocycles. The van der Waals surface area contributed by atoms with Crippen LogP contribution in [-0.4, -0.2) is 36.1 Å². The Hall–Kier alpha value is -0.870. The van der Waals surface area contributed by atoms with E-state index in [2.05, 4.69) is 6.92 Å². The van der Waals surface area contributed by atoms with Gasteiger partial charge in [0.15, 0.2) is 0 Å². The third-order valence-corrected chi connectivity index (χ3v) is 4.10. The second-order valence-electron chi connectivity index (χ2n) is 5.02. The van der Waals surface area contributed by atoms with E-state index in [0.717, 1.165) is 18.4 Å². The summed E-state index contributed by atoms with van der Waals surface area (Å²) in [6.45, 7) is 7.59. The van der Waals surface area contributed by atoms with Crippen LogP contribution in [0.5, 0.6) is 0 Å². The van der Waals surface area contributed by atoms with E-state index in [1.807, 2.05) is 30.2 Å². The molecule has 3 nitrogen and oxygen atoms in total. The summed E-state index contributed by atoms with van der Waals surface area (Å²) in [4.78, 5) is 15.6. The molecule has 0 saturated carbocycles. The summed E-state index contributed by atoms with van der Waals surface area (Å²) >= 11 is 1.69. The van der Waals surface area contributed by atoms with E-state index < -0.39 is 0 Å². The molecule has 2 atom stereocenters. The van der Waals surface area contributed by atoms with Gasteiger partial charge in [-0.05, 0) is 26.3 Å². The second-order valence-corrected chi connectivity index (χ2v) is 6.01. The van der Waals surface area contributed by atoms with Gasteiger partial charge in [-0.1, -0.05) is 13.3 Å². The first kappa shape index (κ1) is 13.6. The Morgan fingerprint density at radius 2 is 2.11 bits per heavy atom. The second kappa shape index (κ2) is 5.85. The van der Waals surface area contributed by atoms with Crippen molar-refractivity contribution in [2.24, 2.45) is 0 Å². The monoisotopic (exact) mass is 267 g/mol. The van der Waals surface area contributed by atoms with E-state index in [-0.39, 0.29) is 18.1 Å². The fourth-order valence-corrected chi connectivity index (χ4v) is 3.36. The van der Waals surface area contributed by atoms with Gasteiger partial charge in [0.1, 0.15) is 0 Å². The summed E-state index contributed by atoms with van der Waals surface area (Å²) in [7, 11) is 0. The van der Waals surface area contributed by atoms with Gasteiger partial charge in [0.2, 0.25) is 0 Å². The van der Waals surface area contributed by atoms with Crippen molar-refractivity contribution in [3.8, 4) is 0 Å². The highest BCUT2D eigenvalue weighted by molar-refractivity contribution is 7.10. The Morgan fingerprint density at radius 3 is 2.72 bits per heavy atom. The standard InChI is InChI=1S/C14H21NO2S/c1-4-5-13-6-12(9-18-13)14(16)15-7-10(2)17-11(3)8-15/h6,9-11H,4-5,7-8H2,1-3H3/t10-,11-/m1/s1. The van der Waals surface area contributed by atoms with Crippen molar-refractivity contribution in [2.75, 3.05) is 13.1 Å². The van der Waals surface area contributed by atoms with Gasteiger partial charge in [0, 0.05) is 23.3 Å². The molecule has 1 fully saturated rings. The zero-order valence-electron chi connectivity index (χ0n) is 11.3. The van der Waals surface area contributed by atoms with Crippen LogP contribution < -0.4 is 0 Å². The van der Waals surface area contributed by atoms with Crippen molar-refractivity contribution in [3.63, 3.8) is 0 Å². The van der Waals surface area contributed by atoms with Crippen molar-refractivity contribution >= 4 is 17.2 Å². The van der Waals surface area contributed by atoms with Crippen LogP contribution in [0.15, 0.2) is 11.4 Å². The molecule has 18 heavy (non-hydrogen) atoms. The minimum atomic E-state index is 0.131. The molecule has 0 radical (unpaired) electrons. The molecular weight excluding hydrogens is 246 g/mol. The van der Waals surface area contributed by atoms with Crippen LogP contribution in [0.2, 0.25) is 0 Å². The summed E-state index contributed by atoms with van der Waals surface area (Å²) in [5.74, 6) is 0.149. The largest absolute Gasteiger partial charge is 0.372 e. The first-order valence-electron chi connectivity index (χ1n) is 6.62. The van der Waals surface area contributed by atoms with Gasteiger partial charge in [0.25, 0.3) is 5.91 Å². The first-order chi connectivity index (χ1) is 8.60. The molecule has 1 saturated heterocycles. The first-order valence-corrected chi connectivity index (χ1v) is 7.50. The lowest BCUT2D eigenvalue weighted by molar-refractivity contribution is -0.0586. The van der Waals surface area contributed by atoms with Gasteiger partial charge in [-0.15, -0.1) is 11.3 Å². The number of carbonyl (C=O) groups is 1. The Balaban J connectivity index is 2.05. The molecule has 0 N–H and O–H groups in total. The predicted molar refractivity (Wildman–Crippen MR) is 74.2 cm³/mol. The molecule has 4 heteroatoms. The molecule has 1 aromatic rings. The van der Waals surface area contributed by atoms with E-state index in [1.165, 1.54) is 4.88 Å². The maximum atomic E-state index is 12.4. The summed E-state index contributed by atoms with van der Waals surface area (Å²) in [5.41, 5.74) is 0.838. The van der Waals surface area contributed by atoms with Gasteiger partial charge in [-0.3, -0.25) is 4.79 Å². The SMILES string of the molecule is CCCc1cc(C(=O)N2C[C@@H](C)O[C@H](C)C2)cs1. The third kappa shape index (κ3) is 3.12. The van der Waals surface area contributed by atoms with Crippen LogP contribution in [-0.2, 0) is 11.2 Å². The number of thiophene rings is 1. The normalized spacial score (nSPS) is 24.3. The third-order valence-electron chi connectivity index (χ3n) is 3.10. The van der Waals surface area contributed by atoms with Crippen LogP contribution in [0.25, 0.3) is 0 Å². The van der Waals surface area contributed by atoms with Crippen molar-refractivity contribution in [1.82, 2.24) is 4.90 Å². The molecule has 2 heterocycles. The number of rotatable bonds is 3. The van der Waals surface area contributed by atoms with Crippen molar-refractivity contribution in [1.29, 1.82) is 0 Å². The highest BCUT2D eigenvalue weighted by atomic mass is 32.1. The number of amides is 1. The quantitative estimate of drug-likeness (QED) is 0.842. The molecule has 0 unspecified atom stereocenters. The number of hydrogen-bond acceptors (Lipinski definition) is 3. The van der Waals surface area contributed by atoms with E-state index >= 15 is 0 Å². The fourth-order valence-electron chi connectivity index (χ4n) is 2.40. The molecule has 0 aliphatic carbocycles. The van der Waals surface area contributed by atoms with Crippen molar-refractivity contribution in [3.05, 3.63) is 21.9 Å². The molecule has 1 aliphatic rings. The number of morpholine rings is 1. The van der Waals surface area contributed by atoms with Gasteiger partial charge in [0.05, 0.1) is 17.8 Å². The number of nitrogens with zero attached hydrogens (tertiary/aromatic N) is 1. The summed E-state index contributed by atoms with van der Waals surface area (Å²) < 4.78 is 5.65. The Labute approximate surface area is 113 Å². The summed E-state index contributed by atoms with van der Waals surface area (Å²) in [6, 6.07) is 2.04. The van der Waals surface area contributed by atoms with E-state index in [4.69, 9.17) is 4.74 Å². The highest BCUT2D eigenvalue weighted by Crippen LogP contribution is 2.20. The van der Waals surface area contributed by atoms with Gasteiger partial charge >= 0.3 is 0 Å². The molecule has 0 spiro atoms. The molecule has 1 aromatic heterocycles. The van der Waals surface area contributed by atoms with Crippen molar-refractivity contribution < 1.29 is 9.53 Å². The minimum absolute atomic E-state index is 0.131. The molecule has 0 bridgehead atoms. The molecule has 1 amide bonds. The zero-order valence-corrected chi connectivity index (χ0v) is 12.1. The molecule has 2 rings (SSSR count). The number of hydrogen-bond donors (Lipinski definition) is 0. The van der Waals surface area contributed by atoms with Gasteiger partial charge < -0.3 is 9.64 Å². The van der Waals surface area contributed by atoms with Crippen LogP contribution in [0, 0.1) is 0 Å². The average Bonchev–Trinajstić information content (AvgIpc) is 2.76. The number of ether oxygens (including phenoxy) is 1. The maximum Gasteiger partial charge on any atom is 0.254 e. The lowest BCUT2D eigenvalue weighted by Gasteiger charge is -2.35. The predicted octanol–water partition coefficient (Wildman–Crippen LogP) is 2.95. The lowest BCUT2D eigenvalue weighted by atomic mass is 10.2. The average molecular weight is 267 g/mol. The smallest absolute Gasteiger partial charge is 0.254 e. The Bertz CT molecular complexity index is 406. The number of carbonyl (C=O) groups excluding carboxylic acids is 1. The van der Waals surface area contributed by atoms with Gasteiger partial charge in [-0.2, -0.15) is 0 Å². The topological polar surface area (TPSA) is 29.5 Å². The zero-order chi connectivity index (χ0) is 13.1. The van der Waals surface area contributed by atoms with Gasteiger partial charge in [-0.25, -0.2) is 0 Å². The van der Waals surface area contributed by atoms with E-state index in [0.29, 0.717) is 13.1 Å². The van der Waals surface area contributed by atoms with E-state index in [1.54, 1.807) is 11.3 Å². The molecule has 100 valence electrons. The Morgan fingerprint density at radius 1 is 1.44 bits per heavy atom. The Kier molecular flexibility index (Phi) is 4.40. The molecule has 0 aromatic carbocycles. The van der Waals surface area contributed by atoms with Crippen LogP contribution in [0.4, 0.5) is 0 Å². The highest BCUT2D eigenvalue weighted by Gasteiger charge is 2.26. The fraction of sp³-hybridized carbons (Fsp3) is 0.643. The summed E-state index contributed by atoms with van der Waals surface area (Å²) in [6.07, 6.45) is 2.45. The van der Waals surface area contributed by atoms with Crippen LogP contribution in [0.3, 0.4) is 0 Å². The van der Waals surface area contributed by atoms with Crippen molar-refractivity contribution in [2.45, 2.75) is 45.8 Å². The molecular formula is C14H21NO2S. The maximum absolute atomic E-state index is 12.4. The van der Waals surface area contributed by atoms with E-state index in [9.17, 15) is 4.79 Å². The summed E-state index contributed by atoms with van der Waals surface area (Å²) in [5, 5.41) is 1.98. The van der Waals surface area contributed by atoms with Crippen LogP contribution >= 0.6 is 11.3 Å². The van der Waals surface area contributed by atoms with Crippen LogP contribution in [0.1, 0.15) is 42.4 Å².